The van der Waals surface area contributed by atoms with Gasteiger partial charge in [0, 0.05) is 25.7 Å². The number of nitrogens with zero attached hydrogens (tertiary/aromatic N) is 2. The monoisotopic (exact) mass is 706 g/mol. The second-order valence-corrected chi connectivity index (χ2v) is 19.1. The molecule has 0 bridgehead atoms. The number of hydrogen-bond donors (Lipinski definition) is 4. The van der Waals surface area contributed by atoms with Gasteiger partial charge >= 0.3 is 6.03 Å². The molecule has 3 saturated carbocycles. The summed E-state index contributed by atoms with van der Waals surface area (Å²) in [6.45, 7) is 10.6. The van der Waals surface area contributed by atoms with E-state index in [0.717, 1.165) is 57.8 Å². The molecule has 5 N–H and O–H groups in total. The third kappa shape index (κ3) is 8.26. The minimum absolute atomic E-state index is 0.0701. The molecule has 2 saturated heterocycles. The number of nitrogens with two attached hydrogens (primary N) is 1. The Labute approximate surface area is 291 Å². The summed E-state index contributed by atoms with van der Waals surface area (Å²) in [5.41, 5.74) is 4.43. The van der Waals surface area contributed by atoms with Gasteiger partial charge in [0.1, 0.15) is 12.1 Å². The Hall–Kier alpha value is -2.74. The zero-order valence-corrected chi connectivity index (χ0v) is 30.8. The van der Waals surface area contributed by atoms with Crippen molar-refractivity contribution in [3.63, 3.8) is 0 Å². The summed E-state index contributed by atoms with van der Waals surface area (Å²) in [6.07, 6.45) is 9.55. The number of carbonyl (C=O) groups is 5. The summed E-state index contributed by atoms with van der Waals surface area (Å²) in [5, 5.41) is 8.81. The molecule has 5 amide bonds. The van der Waals surface area contributed by atoms with Gasteiger partial charge in [0.15, 0.2) is 0 Å². The fourth-order valence-corrected chi connectivity index (χ4v) is 10.4. The molecule has 2 aliphatic heterocycles. The highest BCUT2D eigenvalue weighted by molar-refractivity contribution is 7.89. The van der Waals surface area contributed by atoms with Crippen molar-refractivity contribution in [2.45, 2.75) is 129 Å². The first-order valence-electron chi connectivity index (χ1n) is 18.4. The number of rotatable bonds is 12. The van der Waals surface area contributed by atoms with Crippen molar-refractivity contribution < 1.29 is 32.4 Å². The van der Waals surface area contributed by atoms with E-state index in [0.29, 0.717) is 25.9 Å². The lowest BCUT2D eigenvalue weighted by atomic mass is 9.80. The number of amides is 5. The van der Waals surface area contributed by atoms with Crippen LogP contribution in [0, 0.1) is 34.5 Å². The molecule has 5 fully saturated rings. The van der Waals surface area contributed by atoms with Gasteiger partial charge in [0.05, 0.1) is 11.8 Å². The topological polar surface area (TPSA) is 188 Å². The normalized spacial score (nSPS) is 28.7. The molecule has 0 aromatic carbocycles. The average Bonchev–Trinajstić information content (AvgIpc) is 3.31. The van der Waals surface area contributed by atoms with Gasteiger partial charge in [-0.05, 0) is 66.6 Å². The Morgan fingerprint density at radius 2 is 1.57 bits per heavy atom. The van der Waals surface area contributed by atoms with Crippen LogP contribution in [-0.2, 0) is 29.2 Å². The van der Waals surface area contributed by atoms with E-state index in [2.05, 4.69) is 29.8 Å². The molecule has 276 valence electrons. The highest BCUT2D eigenvalue weighted by Gasteiger charge is 2.70. The Bertz CT molecular complexity index is 1400. The number of nitrogens with one attached hydrogen (secondary N) is 3. The molecule has 0 radical (unpaired) electrons. The second-order valence-electron chi connectivity index (χ2n) is 17.0. The lowest BCUT2D eigenvalue weighted by Crippen LogP contribution is -2.62. The predicted molar refractivity (Wildman–Crippen MR) is 184 cm³/mol. The van der Waals surface area contributed by atoms with Crippen molar-refractivity contribution >= 4 is 39.6 Å². The van der Waals surface area contributed by atoms with E-state index < -0.39 is 69.1 Å². The average molecular weight is 707 g/mol. The molecular formula is C35H58N6O7S. The number of piperidine rings is 1. The van der Waals surface area contributed by atoms with Crippen LogP contribution < -0.4 is 21.7 Å². The minimum atomic E-state index is -3.40. The molecule has 6 atom stereocenters. The smallest absolute Gasteiger partial charge is 0.315 e. The molecule has 2 unspecified atom stereocenters. The lowest BCUT2D eigenvalue weighted by molar-refractivity contribution is -0.145. The first kappa shape index (κ1) is 37.5. The molecule has 5 rings (SSSR count). The van der Waals surface area contributed by atoms with Gasteiger partial charge in [-0.3, -0.25) is 19.2 Å². The molecule has 0 aromatic heterocycles. The van der Waals surface area contributed by atoms with Crippen molar-refractivity contribution in [1.82, 2.24) is 25.2 Å². The number of urea groups is 1. The third-order valence-electron chi connectivity index (χ3n) is 12.2. The molecule has 5 aliphatic rings. The fourth-order valence-electron chi connectivity index (χ4n) is 8.81. The van der Waals surface area contributed by atoms with E-state index in [1.165, 1.54) is 4.31 Å². The fraction of sp³-hybridized carbons (Fsp3) is 0.857. The van der Waals surface area contributed by atoms with Crippen LogP contribution >= 0.6 is 0 Å². The van der Waals surface area contributed by atoms with E-state index in [4.69, 9.17) is 5.73 Å². The van der Waals surface area contributed by atoms with Crippen LogP contribution in [0.25, 0.3) is 0 Å². The molecule has 13 nitrogen and oxygen atoms in total. The zero-order chi connectivity index (χ0) is 35.9. The van der Waals surface area contributed by atoms with Crippen LogP contribution in [0.4, 0.5) is 4.79 Å². The van der Waals surface area contributed by atoms with Crippen molar-refractivity contribution in [1.29, 1.82) is 0 Å². The number of likely N-dealkylation sites (tertiary alicyclic amines) is 1. The third-order valence-corrected chi connectivity index (χ3v) is 14.1. The Kier molecular flexibility index (Phi) is 11.1. The van der Waals surface area contributed by atoms with E-state index in [1.54, 1.807) is 4.90 Å². The van der Waals surface area contributed by atoms with Gasteiger partial charge in [-0.15, -0.1) is 0 Å². The molecule has 49 heavy (non-hydrogen) atoms. The van der Waals surface area contributed by atoms with E-state index >= 15 is 0 Å². The van der Waals surface area contributed by atoms with Gasteiger partial charge in [0.25, 0.3) is 5.91 Å². The summed E-state index contributed by atoms with van der Waals surface area (Å²) < 4.78 is 27.3. The largest absolute Gasteiger partial charge is 0.363 e. The number of carbonyl (C=O) groups excluding carboxylic acids is 5. The number of ketones is 1. The lowest BCUT2D eigenvalue weighted by Gasteiger charge is -2.39. The SMILES string of the molecule is CC(C)(C)[C@H](NC(=O)N[C@H](CN1CCCCS1(=O)=O)C1CCCCC1)C(=O)N1C[C@H]2[C@@H](C1C(=O)NC(CC1CCC1)C(=O)C(N)=O)C2(C)C. The van der Waals surface area contributed by atoms with Crippen LogP contribution in [0.15, 0.2) is 0 Å². The number of fused-ring (bicyclic) bond motifs is 1. The first-order valence-corrected chi connectivity index (χ1v) is 20.0. The van der Waals surface area contributed by atoms with E-state index in [9.17, 15) is 32.4 Å². The molecule has 0 aromatic rings. The summed E-state index contributed by atoms with van der Waals surface area (Å²) >= 11 is 0. The van der Waals surface area contributed by atoms with Crippen LogP contribution in [-0.4, -0.2) is 96.7 Å². The summed E-state index contributed by atoms with van der Waals surface area (Å²) in [5.74, 6) is -2.42. The Morgan fingerprint density at radius 3 is 2.14 bits per heavy atom. The molecular weight excluding hydrogens is 648 g/mol. The van der Waals surface area contributed by atoms with Crippen molar-refractivity contribution in [2.24, 2.45) is 40.2 Å². The van der Waals surface area contributed by atoms with Gasteiger partial charge in [-0.1, -0.05) is 73.1 Å². The number of Topliss-reactive ketones (excluding diaryl/α,β-unsaturated/α-hetero) is 1. The second kappa shape index (κ2) is 14.5. The zero-order valence-electron chi connectivity index (χ0n) is 30.0. The quantitative estimate of drug-likeness (QED) is 0.224. The Balaban J connectivity index is 1.32. The molecule has 0 spiro atoms. The van der Waals surface area contributed by atoms with Gasteiger partial charge in [0.2, 0.25) is 27.6 Å². The van der Waals surface area contributed by atoms with Crippen molar-refractivity contribution in [3.05, 3.63) is 0 Å². The number of primary amides is 1. The highest BCUT2D eigenvalue weighted by atomic mass is 32.2. The molecule has 2 heterocycles. The number of hydrogen-bond acceptors (Lipinski definition) is 7. The standard InChI is InChI=1S/C35H58N6O7S/c1-34(2,3)29(39-33(46)38-25(22-14-7-6-8-15-22)20-40-16-9-10-17-49(40,47)48)32(45)41-19-23-26(35(23,4)5)27(41)31(44)37-24(28(42)30(36)43)18-21-12-11-13-21/h21-27,29H,6-20H2,1-5H3,(H2,36,43)(H,37,44)(H2,38,39,46)/t23-,24?,25+,26-,27?,29+/m0/s1. The predicted octanol–water partition coefficient (Wildman–Crippen LogP) is 2.29. The molecule has 3 aliphatic carbocycles. The highest BCUT2D eigenvalue weighted by Crippen LogP contribution is 2.65. The number of sulfonamides is 1. The van der Waals surface area contributed by atoms with Crippen LogP contribution in [0.1, 0.15) is 105 Å². The van der Waals surface area contributed by atoms with Gasteiger partial charge in [-0.25, -0.2) is 13.2 Å². The van der Waals surface area contributed by atoms with Crippen LogP contribution in [0.3, 0.4) is 0 Å². The minimum Gasteiger partial charge on any atom is -0.363 e. The summed E-state index contributed by atoms with van der Waals surface area (Å²) in [6, 6.07) is -3.86. The van der Waals surface area contributed by atoms with Gasteiger partial charge < -0.3 is 26.6 Å². The summed E-state index contributed by atoms with van der Waals surface area (Å²) in [7, 11) is -3.40. The first-order chi connectivity index (χ1) is 22.9. The molecule has 14 heteroatoms. The van der Waals surface area contributed by atoms with Crippen LogP contribution in [0.5, 0.6) is 0 Å². The maximum atomic E-state index is 14.4. The van der Waals surface area contributed by atoms with E-state index in [1.807, 2.05) is 20.8 Å². The summed E-state index contributed by atoms with van der Waals surface area (Å²) in [4.78, 5) is 68.4. The van der Waals surface area contributed by atoms with Crippen molar-refractivity contribution in [3.8, 4) is 0 Å². The van der Waals surface area contributed by atoms with E-state index in [-0.39, 0.29) is 41.4 Å². The van der Waals surface area contributed by atoms with Gasteiger partial charge in [-0.2, -0.15) is 4.31 Å². The van der Waals surface area contributed by atoms with Crippen LogP contribution in [0.2, 0.25) is 0 Å². The maximum Gasteiger partial charge on any atom is 0.315 e. The maximum absolute atomic E-state index is 14.4. The van der Waals surface area contributed by atoms with Crippen molar-refractivity contribution in [2.75, 3.05) is 25.4 Å². The Morgan fingerprint density at radius 1 is 0.898 bits per heavy atom.